The van der Waals surface area contributed by atoms with Gasteiger partial charge in [0, 0.05) is 30.1 Å². The predicted molar refractivity (Wildman–Crippen MR) is 139 cm³/mol. The molecule has 12 heteroatoms. The standard InChI is InChI=1S/C25H26N5O5S2/c31-25(21-7-4-8-22(17-21)30(32)33)27-28-26-18-23-11-12-24(36-23)37(34,35)29-15-13-20(14-16-29)10-9-19-5-2-1-3-6-19/h1-8,11-12,17,20H,9-10,13-16,18H2/q+1. The second-order valence-corrected chi connectivity index (χ2v) is 12.0. The van der Waals surface area contributed by atoms with Crippen LogP contribution in [0.2, 0.25) is 0 Å². The average Bonchev–Trinajstić information content (AvgIpc) is 3.41. The Bertz CT molecular complexity index is 1420. The van der Waals surface area contributed by atoms with Gasteiger partial charge in [-0.3, -0.25) is 14.9 Å². The van der Waals surface area contributed by atoms with E-state index in [0.717, 1.165) is 43.1 Å². The molecule has 0 atom stereocenters. The Hall–Kier alpha value is -3.57. The zero-order valence-corrected chi connectivity index (χ0v) is 21.6. The van der Waals surface area contributed by atoms with E-state index in [1.165, 1.54) is 23.8 Å². The number of nitro groups is 1. The molecule has 0 saturated carbocycles. The normalized spacial score (nSPS) is 14.6. The highest BCUT2D eigenvalue weighted by molar-refractivity contribution is 7.91. The summed E-state index contributed by atoms with van der Waals surface area (Å²) in [6.45, 7) is 1.08. The first-order valence-corrected chi connectivity index (χ1v) is 14.1. The maximum Gasteiger partial charge on any atom is 0.360 e. The monoisotopic (exact) mass is 540 g/mol. The summed E-state index contributed by atoms with van der Waals surface area (Å²) in [5.74, 6) is -0.242. The van der Waals surface area contributed by atoms with Crippen molar-refractivity contribution in [3.05, 3.63) is 92.8 Å². The molecule has 0 unspecified atom stereocenters. The first kappa shape index (κ1) is 26.5. The lowest BCUT2D eigenvalue weighted by Gasteiger charge is -2.30. The highest BCUT2D eigenvalue weighted by Gasteiger charge is 2.30. The van der Waals surface area contributed by atoms with Crippen molar-refractivity contribution in [2.45, 2.75) is 36.4 Å². The van der Waals surface area contributed by atoms with Crippen molar-refractivity contribution in [3.63, 3.8) is 0 Å². The fraction of sp³-hybridized carbons (Fsp3) is 0.320. The average molecular weight is 541 g/mol. The van der Waals surface area contributed by atoms with Crippen LogP contribution in [-0.4, -0.2) is 36.6 Å². The molecule has 1 aliphatic rings. The predicted octanol–water partition coefficient (Wildman–Crippen LogP) is 5.00. The van der Waals surface area contributed by atoms with Gasteiger partial charge < -0.3 is 0 Å². The van der Waals surface area contributed by atoms with Gasteiger partial charge in [-0.05, 0) is 55.4 Å². The van der Waals surface area contributed by atoms with Crippen molar-refractivity contribution < 1.29 is 18.1 Å². The number of hydrogen-bond acceptors (Lipinski definition) is 7. The maximum atomic E-state index is 13.1. The van der Waals surface area contributed by atoms with Gasteiger partial charge in [-0.2, -0.15) is 4.31 Å². The van der Waals surface area contributed by atoms with E-state index in [9.17, 15) is 23.3 Å². The van der Waals surface area contributed by atoms with Crippen LogP contribution in [0.3, 0.4) is 0 Å². The lowest BCUT2D eigenvalue weighted by molar-refractivity contribution is -0.384. The van der Waals surface area contributed by atoms with Gasteiger partial charge >= 0.3 is 5.91 Å². The van der Waals surface area contributed by atoms with Crippen molar-refractivity contribution in [1.82, 2.24) is 9.22 Å². The molecule has 1 saturated heterocycles. The fourth-order valence-electron chi connectivity index (χ4n) is 4.15. The molecule has 1 aromatic heterocycles. The number of nitrogens with zero attached hydrogens (tertiary/aromatic N) is 5. The number of carbonyl (C=O) groups is 1. The number of aryl methyl sites for hydroxylation is 1. The van der Waals surface area contributed by atoms with Crippen LogP contribution in [0.4, 0.5) is 5.69 Å². The second-order valence-electron chi connectivity index (χ2n) is 8.69. The minimum atomic E-state index is -3.58. The van der Waals surface area contributed by atoms with Crippen molar-refractivity contribution in [2.24, 2.45) is 16.1 Å². The van der Waals surface area contributed by atoms with E-state index in [2.05, 4.69) is 27.3 Å². The van der Waals surface area contributed by atoms with Crippen molar-refractivity contribution in [1.29, 1.82) is 0 Å². The van der Waals surface area contributed by atoms with Crippen LogP contribution in [0.25, 0.3) is 0 Å². The molecule has 2 aromatic carbocycles. The maximum absolute atomic E-state index is 13.1. The largest absolute Gasteiger partial charge is 0.360 e. The molecule has 1 aliphatic heterocycles. The number of sulfonamides is 1. The van der Waals surface area contributed by atoms with Crippen LogP contribution >= 0.6 is 11.3 Å². The van der Waals surface area contributed by atoms with Gasteiger partial charge in [-0.1, -0.05) is 36.4 Å². The Labute approximate surface area is 218 Å². The SMILES string of the molecule is O=C(N=[N+]=NCc1ccc(S(=O)(=O)N2CCC(CCc3ccccc3)CC2)s1)c1cccc([N+](=O)[O-])c1. The summed E-state index contributed by atoms with van der Waals surface area (Å²) in [5.41, 5.74) is 1.12. The Morgan fingerprint density at radius 2 is 1.84 bits per heavy atom. The number of non-ortho nitro benzene ring substituents is 1. The third-order valence-corrected chi connectivity index (χ3v) is 9.65. The molecule has 0 N–H and O–H groups in total. The molecular weight excluding hydrogens is 514 g/mol. The lowest BCUT2D eigenvalue weighted by Crippen LogP contribution is -2.38. The van der Waals surface area contributed by atoms with E-state index in [0.29, 0.717) is 23.9 Å². The molecule has 3 aromatic rings. The van der Waals surface area contributed by atoms with Crippen molar-refractivity contribution in [3.8, 4) is 0 Å². The van der Waals surface area contributed by atoms with E-state index < -0.39 is 20.9 Å². The molecule has 10 nitrogen and oxygen atoms in total. The smallest absolute Gasteiger partial charge is 0.259 e. The van der Waals surface area contributed by atoms with E-state index in [4.69, 9.17) is 0 Å². The van der Waals surface area contributed by atoms with E-state index in [1.807, 2.05) is 18.2 Å². The Balaban J connectivity index is 1.29. The molecule has 4 rings (SSSR count). The van der Waals surface area contributed by atoms with Gasteiger partial charge in [0.05, 0.1) is 10.5 Å². The summed E-state index contributed by atoms with van der Waals surface area (Å²) < 4.78 is 28.0. The molecule has 1 amide bonds. The number of carbonyl (C=O) groups excluding carboxylic acids is 1. The number of rotatable bonds is 9. The number of piperidine rings is 1. The molecule has 2 heterocycles. The quantitative estimate of drug-likeness (QED) is 0.163. The van der Waals surface area contributed by atoms with Crippen LogP contribution in [-0.2, 0) is 23.0 Å². The van der Waals surface area contributed by atoms with Crippen LogP contribution in [0.5, 0.6) is 0 Å². The molecule has 0 bridgehead atoms. The lowest BCUT2D eigenvalue weighted by atomic mass is 9.91. The van der Waals surface area contributed by atoms with Gasteiger partial charge in [0.2, 0.25) is 10.0 Å². The van der Waals surface area contributed by atoms with Gasteiger partial charge in [-0.25, -0.2) is 8.42 Å². The number of nitro benzene ring substituents is 1. The zero-order chi connectivity index (χ0) is 26.3. The van der Waals surface area contributed by atoms with Crippen molar-refractivity contribution in [2.75, 3.05) is 13.1 Å². The van der Waals surface area contributed by atoms with Gasteiger partial charge in [0.15, 0.2) is 6.54 Å². The van der Waals surface area contributed by atoms with Crippen LogP contribution in [0, 0.1) is 16.0 Å². The summed E-state index contributed by atoms with van der Waals surface area (Å²) in [5, 5.41) is 18.1. The first-order valence-electron chi connectivity index (χ1n) is 11.8. The van der Waals surface area contributed by atoms with Crippen LogP contribution in [0.15, 0.2) is 81.2 Å². The third kappa shape index (κ3) is 7.01. The van der Waals surface area contributed by atoms with E-state index >= 15 is 0 Å². The van der Waals surface area contributed by atoms with Gasteiger partial charge in [0.25, 0.3) is 15.7 Å². The Kier molecular flexibility index (Phi) is 8.67. The molecule has 192 valence electrons. The number of benzene rings is 2. The Morgan fingerprint density at radius 1 is 1.08 bits per heavy atom. The number of amides is 1. The summed E-state index contributed by atoms with van der Waals surface area (Å²) in [4.78, 5) is 26.5. The van der Waals surface area contributed by atoms with E-state index in [1.54, 1.807) is 16.4 Å². The molecule has 0 spiro atoms. The molecule has 37 heavy (non-hydrogen) atoms. The summed E-state index contributed by atoms with van der Waals surface area (Å²) in [6.07, 6.45) is 3.75. The summed E-state index contributed by atoms with van der Waals surface area (Å²) in [6, 6.07) is 18.7. The molecule has 1 fully saturated rings. The van der Waals surface area contributed by atoms with Crippen LogP contribution < -0.4 is 4.91 Å². The summed E-state index contributed by atoms with van der Waals surface area (Å²) in [7, 11) is -3.58. The first-order chi connectivity index (χ1) is 17.8. The summed E-state index contributed by atoms with van der Waals surface area (Å²) >= 11 is 1.12. The van der Waals surface area contributed by atoms with E-state index in [-0.39, 0.29) is 22.0 Å². The van der Waals surface area contributed by atoms with Crippen LogP contribution in [0.1, 0.15) is 40.1 Å². The minimum Gasteiger partial charge on any atom is -0.259 e. The van der Waals surface area contributed by atoms with Gasteiger partial charge in [-0.15, -0.1) is 11.3 Å². The highest BCUT2D eigenvalue weighted by Crippen LogP contribution is 2.30. The highest BCUT2D eigenvalue weighted by atomic mass is 32.2. The third-order valence-electron chi connectivity index (χ3n) is 6.22. The molecular formula is C25H26N5O5S2+. The zero-order valence-electron chi connectivity index (χ0n) is 20.0. The Morgan fingerprint density at radius 3 is 2.57 bits per heavy atom. The van der Waals surface area contributed by atoms with Crippen molar-refractivity contribution >= 4 is 33.0 Å². The molecule has 0 radical (unpaired) electrons. The second kappa shape index (κ2) is 12.1. The number of hydrogen-bond donors (Lipinski definition) is 0. The topological polar surface area (TPSA) is 136 Å². The van der Waals surface area contributed by atoms with Gasteiger partial charge in [0.1, 0.15) is 9.32 Å². The number of thiophene rings is 1. The fourth-order valence-corrected chi connectivity index (χ4v) is 7.04. The minimum absolute atomic E-state index is 0.0292. The molecule has 0 aliphatic carbocycles.